The molecule has 0 aliphatic carbocycles. The van der Waals surface area contributed by atoms with Crippen LogP contribution < -0.4 is 5.32 Å². The molecule has 3 rings (SSSR count). The molecule has 0 aromatic heterocycles. The van der Waals surface area contributed by atoms with E-state index in [1.54, 1.807) is 25.2 Å². The van der Waals surface area contributed by atoms with Crippen LogP contribution in [-0.4, -0.2) is 36.3 Å². The Morgan fingerprint density at radius 1 is 0.871 bits per heavy atom. The number of nitrogens with one attached hydrogen (secondary N) is 1. The van der Waals surface area contributed by atoms with Crippen LogP contribution in [0.2, 0.25) is 0 Å². The third-order valence-electron chi connectivity index (χ3n) is 4.47. The zero-order chi connectivity index (χ0) is 22.2. The van der Waals surface area contributed by atoms with Crippen LogP contribution in [0.5, 0.6) is 0 Å². The van der Waals surface area contributed by atoms with Gasteiger partial charge in [0.1, 0.15) is 5.82 Å². The molecular weight excluding hydrogens is 399 g/mol. The number of carbonyl (C=O) groups excluding carboxylic acids is 3. The van der Waals surface area contributed by atoms with Gasteiger partial charge < -0.3 is 15.0 Å². The Hall–Kier alpha value is -4.00. The van der Waals surface area contributed by atoms with Crippen LogP contribution in [0.15, 0.2) is 78.9 Å². The van der Waals surface area contributed by atoms with Crippen LogP contribution in [0.4, 0.5) is 10.1 Å². The quantitative estimate of drug-likeness (QED) is 0.589. The van der Waals surface area contributed by atoms with Crippen molar-refractivity contribution in [3.8, 4) is 0 Å². The molecule has 0 heterocycles. The van der Waals surface area contributed by atoms with Crippen LogP contribution >= 0.6 is 0 Å². The average Bonchev–Trinajstić information content (AvgIpc) is 2.79. The maximum absolute atomic E-state index is 13.6. The number of amides is 2. The second-order valence-electron chi connectivity index (χ2n) is 6.80. The zero-order valence-electron chi connectivity index (χ0n) is 16.9. The highest BCUT2D eigenvalue weighted by Gasteiger charge is 2.21. The standard InChI is InChI=1S/C24H21FN2O4/c1-27(15-17-9-3-2-4-10-17)23(29)18-11-5-6-12-19(18)24(30)31-16-22(28)26-21-14-8-7-13-20(21)25/h2-14H,15-16H2,1H3,(H,26,28). The fourth-order valence-electron chi connectivity index (χ4n) is 2.94. The molecule has 3 aromatic rings. The third-order valence-corrected chi connectivity index (χ3v) is 4.47. The molecule has 0 saturated carbocycles. The molecule has 0 radical (unpaired) electrons. The lowest BCUT2D eigenvalue weighted by Crippen LogP contribution is -2.28. The Labute approximate surface area is 179 Å². The van der Waals surface area contributed by atoms with Gasteiger partial charge in [-0.2, -0.15) is 0 Å². The summed E-state index contributed by atoms with van der Waals surface area (Å²) in [7, 11) is 1.64. The summed E-state index contributed by atoms with van der Waals surface area (Å²) >= 11 is 0. The largest absolute Gasteiger partial charge is 0.452 e. The molecular formula is C24H21FN2O4. The number of anilines is 1. The van der Waals surface area contributed by atoms with Crippen molar-refractivity contribution in [3.63, 3.8) is 0 Å². The van der Waals surface area contributed by atoms with Crippen LogP contribution in [-0.2, 0) is 16.1 Å². The number of para-hydroxylation sites is 1. The zero-order valence-corrected chi connectivity index (χ0v) is 16.9. The van der Waals surface area contributed by atoms with Gasteiger partial charge in [0.15, 0.2) is 6.61 Å². The van der Waals surface area contributed by atoms with Crippen molar-refractivity contribution >= 4 is 23.5 Å². The fraction of sp³-hybridized carbons (Fsp3) is 0.125. The van der Waals surface area contributed by atoms with E-state index in [2.05, 4.69) is 5.32 Å². The molecule has 0 aliphatic heterocycles. The van der Waals surface area contributed by atoms with Gasteiger partial charge in [0.05, 0.1) is 16.8 Å². The van der Waals surface area contributed by atoms with E-state index in [1.807, 2.05) is 30.3 Å². The SMILES string of the molecule is CN(Cc1ccccc1)C(=O)c1ccccc1C(=O)OCC(=O)Nc1ccccc1F. The smallest absolute Gasteiger partial charge is 0.339 e. The normalized spacial score (nSPS) is 10.3. The van der Waals surface area contributed by atoms with E-state index in [4.69, 9.17) is 4.74 Å². The minimum Gasteiger partial charge on any atom is -0.452 e. The first-order valence-electron chi connectivity index (χ1n) is 9.55. The lowest BCUT2D eigenvalue weighted by atomic mass is 10.1. The topological polar surface area (TPSA) is 75.7 Å². The Bertz CT molecular complexity index is 1090. The molecule has 158 valence electrons. The maximum atomic E-state index is 13.6. The molecule has 7 heteroatoms. The number of carbonyl (C=O) groups is 3. The van der Waals surface area contributed by atoms with Gasteiger partial charge >= 0.3 is 5.97 Å². The van der Waals surface area contributed by atoms with E-state index >= 15 is 0 Å². The van der Waals surface area contributed by atoms with E-state index in [0.29, 0.717) is 6.54 Å². The van der Waals surface area contributed by atoms with Gasteiger partial charge in [0.2, 0.25) is 0 Å². The summed E-state index contributed by atoms with van der Waals surface area (Å²) in [5.41, 5.74) is 1.15. The van der Waals surface area contributed by atoms with Crippen LogP contribution in [0.3, 0.4) is 0 Å². The summed E-state index contributed by atoms with van der Waals surface area (Å²) in [4.78, 5) is 38.9. The third kappa shape index (κ3) is 5.76. The number of benzene rings is 3. The summed E-state index contributed by atoms with van der Waals surface area (Å²) in [5.74, 6) is -2.46. The first kappa shape index (κ1) is 21.7. The van der Waals surface area contributed by atoms with Crippen LogP contribution in [0.1, 0.15) is 26.3 Å². The highest BCUT2D eigenvalue weighted by Crippen LogP contribution is 2.15. The molecule has 0 aliphatic rings. The molecule has 1 N–H and O–H groups in total. The van der Waals surface area contributed by atoms with Crippen molar-refractivity contribution < 1.29 is 23.5 Å². The highest BCUT2D eigenvalue weighted by molar-refractivity contribution is 6.05. The number of hydrogen-bond donors (Lipinski definition) is 1. The molecule has 0 spiro atoms. The summed E-state index contributed by atoms with van der Waals surface area (Å²) in [6.45, 7) is -0.246. The summed E-state index contributed by atoms with van der Waals surface area (Å²) in [6, 6.07) is 21.3. The molecule has 6 nitrogen and oxygen atoms in total. The van der Waals surface area contributed by atoms with Crippen molar-refractivity contribution in [1.82, 2.24) is 4.90 Å². The minimum atomic E-state index is -0.819. The Morgan fingerprint density at radius 2 is 1.48 bits per heavy atom. The summed E-state index contributed by atoms with van der Waals surface area (Å²) in [5, 5.41) is 2.33. The van der Waals surface area contributed by atoms with E-state index in [1.165, 1.54) is 35.2 Å². The van der Waals surface area contributed by atoms with Gasteiger partial charge in [-0.15, -0.1) is 0 Å². The van der Waals surface area contributed by atoms with Gasteiger partial charge in [-0.05, 0) is 29.8 Å². The first-order valence-corrected chi connectivity index (χ1v) is 9.55. The van der Waals surface area contributed by atoms with E-state index < -0.39 is 24.3 Å². The van der Waals surface area contributed by atoms with Crippen LogP contribution in [0.25, 0.3) is 0 Å². The van der Waals surface area contributed by atoms with Gasteiger partial charge in [0, 0.05) is 13.6 Å². The summed E-state index contributed by atoms with van der Waals surface area (Å²) in [6.07, 6.45) is 0. The predicted molar refractivity (Wildman–Crippen MR) is 114 cm³/mol. The van der Waals surface area contributed by atoms with E-state index in [-0.39, 0.29) is 22.7 Å². The van der Waals surface area contributed by atoms with Crippen molar-refractivity contribution in [2.45, 2.75) is 6.54 Å². The summed E-state index contributed by atoms with van der Waals surface area (Å²) < 4.78 is 18.7. The number of rotatable bonds is 7. The lowest BCUT2D eigenvalue weighted by molar-refractivity contribution is -0.119. The minimum absolute atomic E-state index is 0.0123. The molecule has 31 heavy (non-hydrogen) atoms. The average molecular weight is 420 g/mol. The molecule has 3 aromatic carbocycles. The van der Waals surface area contributed by atoms with Crippen molar-refractivity contribution in [2.75, 3.05) is 19.0 Å². The molecule has 0 bridgehead atoms. The van der Waals surface area contributed by atoms with Crippen molar-refractivity contribution in [1.29, 1.82) is 0 Å². The van der Waals surface area contributed by atoms with Gasteiger partial charge in [-0.25, -0.2) is 9.18 Å². The molecule has 0 saturated heterocycles. The number of hydrogen-bond acceptors (Lipinski definition) is 4. The molecule has 0 fully saturated rings. The molecule has 2 amide bonds. The van der Waals surface area contributed by atoms with Crippen LogP contribution in [0, 0.1) is 5.82 Å². The maximum Gasteiger partial charge on any atom is 0.339 e. The second kappa shape index (κ2) is 10.2. The van der Waals surface area contributed by atoms with Gasteiger partial charge in [-0.3, -0.25) is 9.59 Å². The van der Waals surface area contributed by atoms with E-state index in [0.717, 1.165) is 5.56 Å². The Balaban J connectivity index is 1.65. The van der Waals surface area contributed by atoms with Crippen molar-refractivity contribution in [3.05, 3.63) is 101 Å². The number of ether oxygens (including phenoxy) is 1. The lowest BCUT2D eigenvalue weighted by Gasteiger charge is -2.19. The predicted octanol–water partition coefficient (Wildman–Crippen LogP) is 3.89. The monoisotopic (exact) mass is 420 g/mol. The van der Waals surface area contributed by atoms with Gasteiger partial charge in [0.25, 0.3) is 11.8 Å². The molecule has 0 unspecified atom stereocenters. The Kier molecular flexibility index (Phi) is 7.11. The number of nitrogens with zero attached hydrogens (tertiary/aromatic N) is 1. The fourth-order valence-corrected chi connectivity index (χ4v) is 2.94. The van der Waals surface area contributed by atoms with Gasteiger partial charge in [-0.1, -0.05) is 54.6 Å². The number of esters is 1. The molecule has 0 atom stereocenters. The first-order chi connectivity index (χ1) is 15.0. The number of halogens is 1. The second-order valence-corrected chi connectivity index (χ2v) is 6.80. The van der Waals surface area contributed by atoms with E-state index in [9.17, 15) is 18.8 Å². The Morgan fingerprint density at radius 3 is 2.19 bits per heavy atom. The van der Waals surface area contributed by atoms with Crippen molar-refractivity contribution in [2.24, 2.45) is 0 Å². The highest BCUT2D eigenvalue weighted by atomic mass is 19.1.